The molecule has 140 valence electrons. The number of carbonyl (C=O) groups excluding carboxylic acids is 1. The summed E-state index contributed by atoms with van der Waals surface area (Å²) >= 11 is 5.20. The third-order valence-corrected chi connectivity index (χ3v) is 4.54. The van der Waals surface area contributed by atoms with Crippen molar-refractivity contribution in [1.82, 2.24) is 26.4 Å². The molecule has 0 aliphatic heterocycles. The molecule has 1 aromatic carbocycles. The summed E-state index contributed by atoms with van der Waals surface area (Å²) < 4.78 is 0. The second kappa shape index (κ2) is 9.86. The largest absolute Gasteiger partial charge is 0.361 e. The number of hydrogen-bond donors (Lipinski definition) is 4. The van der Waals surface area contributed by atoms with E-state index in [1.807, 2.05) is 0 Å². The van der Waals surface area contributed by atoms with E-state index in [1.54, 1.807) is 24.3 Å². The lowest BCUT2D eigenvalue weighted by Crippen LogP contribution is -2.48. The number of benzene rings is 1. The van der Waals surface area contributed by atoms with E-state index in [1.165, 1.54) is 12.8 Å². The number of thiocarbonyl (C=S) groups is 1. The van der Waals surface area contributed by atoms with Gasteiger partial charge in [0.25, 0.3) is 11.5 Å². The van der Waals surface area contributed by atoms with Gasteiger partial charge in [-0.2, -0.15) is 5.10 Å². The van der Waals surface area contributed by atoms with Crippen LogP contribution in [0, 0.1) is 5.92 Å². The molecule has 1 aromatic heterocycles. The van der Waals surface area contributed by atoms with Crippen molar-refractivity contribution in [3.05, 3.63) is 40.3 Å². The van der Waals surface area contributed by atoms with Crippen LogP contribution in [0.25, 0.3) is 10.8 Å². The van der Waals surface area contributed by atoms with Crippen molar-refractivity contribution >= 4 is 34.0 Å². The van der Waals surface area contributed by atoms with E-state index in [-0.39, 0.29) is 11.3 Å². The predicted octanol–water partition coefficient (Wildman–Crippen LogP) is 2.25. The Morgan fingerprint density at radius 2 is 1.96 bits per heavy atom. The molecule has 4 N–H and O–H groups in total. The molecule has 0 saturated heterocycles. The number of aromatic nitrogens is 2. The highest BCUT2D eigenvalue weighted by Crippen LogP contribution is 2.12. The van der Waals surface area contributed by atoms with Crippen LogP contribution >= 0.6 is 12.2 Å². The molecule has 0 fully saturated rings. The number of hydrazine groups is 1. The lowest BCUT2D eigenvalue weighted by Gasteiger charge is -2.17. The molecule has 0 saturated carbocycles. The number of nitrogens with zero attached hydrogens (tertiary/aromatic N) is 1. The number of nitrogens with one attached hydrogen (secondary N) is 4. The summed E-state index contributed by atoms with van der Waals surface area (Å²) in [5.41, 5.74) is 5.00. The van der Waals surface area contributed by atoms with Gasteiger partial charge in [0.05, 0.1) is 5.39 Å². The molecule has 0 unspecified atom stereocenters. The van der Waals surface area contributed by atoms with E-state index >= 15 is 0 Å². The molecular weight excluding hydrogens is 350 g/mol. The summed E-state index contributed by atoms with van der Waals surface area (Å²) in [5, 5.41) is 10.6. The molecule has 7 nitrogen and oxygen atoms in total. The van der Waals surface area contributed by atoms with Gasteiger partial charge in [-0.3, -0.25) is 20.4 Å². The first-order chi connectivity index (χ1) is 12.6. The van der Waals surface area contributed by atoms with Gasteiger partial charge < -0.3 is 5.32 Å². The van der Waals surface area contributed by atoms with E-state index in [4.69, 9.17) is 12.2 Å². The third-order valence-electron chi connectivity index (χ3n) is 4.30. The Morgan fingerprint density at radius 1 is 1.23 bits per heavy atom. The number of carbonyl (C=O) groups is 1. The number of amides is 1. The Bertz CT molecular complexity index is 821. The van der Waals surface area contributed by atoms with Crippen LogP contribution in [0.1, 0.15) is 50.0 Å². The van der Waals surface area contributed by atoms with Gasteiger partial charge in [-0.25, -0.2) is 5.10 Å². The molecule has 0 radical (unpaired) electrons. The van der Waals surface area contributed by atoms with Crippen molar-refractivity contribution in [2.24, 2.45) is 5.92 Å². The maximum absolute atomic E-state index is 12.4. The number of aromatic amines is 1. The number of H-pyrrole nitrogens is 1. The summed E-state index contributed by atoms with van der Waals surface area (Å²) in [6.45, 7) is 5.10. The van der Waals surface area contributed by atoms with Crippen LogP contribution < -0.4 is 21.7 Å². The van der Waals surface area contributed by atoms with Gasteiger partial charge in [0.1, 0.15) is 0 Å². The molecule has 0 aliphatic rings. The number of fused-ring (bicyclic) bond motifs is 1. The average molecular weight is 375 g/mol. The van der Waals surface area contributed by atoms with E-state index in [9.17, 15) is 9.59 Å². The lowest BCUT2D eigenvalue weighted by atomic mass is 9.99. The summed E-state index contributed by atoms with van der Waals surface area (Å²) in [6.07, 6.45) is 4.61. The molecule has 0 spiro atoms. The zero-order chi connectivity index (χ0) is 18.9. The van der Waals surface area contributed by atoms with Crippen LogP contribution in [0.15, 0.2) is 29.1 Å². The van der Waals surface area contributed by atoms with Crippen LogP contribution in [0.3, 0.4) is 0 Å². The van der Waals surface area contributed by atoms with E-state index in [0.717, 1.165) is 19.4 Å². The second-order valence-electron chi connectivity index (χ2n) is 6.15. The molecule has 2 rings (SSSR count). The standard InChI is InChI=1S/C18H25N5O2S/c1-3-5-8-12(4-2)11-19-18(26)23-22-17(25)15-13-9-6-7-10-14(13)16(24)21-20-15/h6-7,9-10,12H,3-5,8,11H2,1-2H3,(H,21,24)(H,22,25)(H2,19,23,26)/t12-/m1/s1. The van der Waals surface area contributed by atoms with Gasteiger partial charge in [0, 0.05) is 11.9 Å². The van der Waals surface area contributed by atoms with Crippen molar-refractivity contribution in [3.63, 3.8) is 0 Å². The summed E-state index contributed by atoms with van der Waals surface area (Å²) in [6, 6.07) is 6.82. The monoisotopic (exact) mass is 375 g/mol. The number of rotatable bonds is 7. The first-order valence-electron chi connectivity index (χ1n) is 8.88. The predicted molar refractivity (Wildman–Crippen MR) is 107 cm³/mol. The van der Waals surface area contributed by atoms with Crippen molar-refractivity contribution in [2.45, 2.75) is 39.5 Å². The maximum Gasteiger partial charge on any atom is 0.290 e. The van der Waals surface area contributed by atoms with Crippen LogP contribution in [0.2, 0.25) is 0 Å². The van der Waals surface area contributed by atoms with Crippen LogP contribution in [-0.2, 0) is 0 Å². The molecule has 26 heavy (non-hydrogen) atoms. The quantitative estimate of drug-likeness (QED) is 0.438. The number of unbranched alkanes of at least 4 members (excludes halogenated alkanes) is 1. The molecule has 1 amide bonds. The Morgan fingerprint density at radius 3 is 2.65 bits per heavy atom. The van der Waals surface area contributed by atoms with Gasteiger partial charge in [-0.1, -0.05) is 51.3 Å². The fourth-order valence-corrected chi connectivity index (χ4v) is 2.82. The minimum atomic E-state index is -0.473. The zero-order valence-electron chi connectivity index (χ0n) is 15.1. The van der Waals surface area contributed by atoms with E-state index < -0.39 is 5.91 Å². The fourth-order valence-electron chi connectivity index (χ4n) is 2.69. The molecule has 0 bridgehead atoms. The van der Waals surface area contributed by atoms with Crippen LogP contribution in [-0.4, -0.2) is 27.8 Å². The Labute approximate surface area is 157 Å². The van der Waals surface area contributed by atoms with Gasteiger partial charge in [0.2, 0.25) is 0 Å². The van der Waals surface area contributed by atoms with E-state index in [2.05, 4.69) is 40.2 Å². The van der Waals surface area contributed by atoms with Crippen molar-refractivity contribution in [2.75, 3.05) is 6.54 Å². The zero-order valence-corrected chi connectivity index (χ0v) is 15.9. The third kappa shape index (κ3) is 5.26. The summed E-state index contributed by atoms with van der Waals surface area (Å²) in [7, 11) is 0. The maximum atomic E-state index is 12.4. The number of hydrogen-bond acceptors (Lipinski definition) is 4. The fraction of sp³-hybridized carbons (Fsp3) is 0.444. The van der Waals surface area contributed by atoms with Crippen molar-refractivity contribution < 1.29 is 4.79 Å². The van der Waals surface area contributed by atoms with Gasteiger partial charge in [-0.05, 0) is 30.6 Å². The lowest BCUT2D eigenvalue weighted by molar-refractivity contribution is 0.0939. The highest BCUT2D eigenvalue weighted by atomic mass is 32.1. The van der Waals surface area contributed by atoms with Crippen LogP contribution in [0.5, 0.6) is 0 Å². The normalized spacial score (nSPS) is 11.8. The SMILES string of the molecule is CCCC[C@@H](CC)CNC(=S)NNC(=O)c1n[nH]c(=O)c2ccccc12. The molecule has 1 atom stereocenters. The average Bonchev–Trinajstić information content (AvgIpc) is 2.66. The smallest absolute Gasteiger partial charge is 0.290 e. The topological polar surface area (TPSA) is 98.9 Å². The molecule has 0 aliphatic carbocycles. The molecule has 1 heterocycles. The van der Waals surface area contributed by atoms with Gasteiger partial charge >= 0.3 is 0 Å². The summed E-state index contributed by atoms with van der Waals surface area (Å²) in [4.78, 5) is 24.1. The minimum absolute atomic E-state index is 0.130. The molecule has 8 heteroatoms. The van der Waals surface area contributed by atoms with Crippen LogP contribution in [0.4, 0.5) is 0 Å². The van der Waals surface area contributed by atoms with Crippen molar-refractivity contribution in [1.29, 1.82) is 0 Å². The van der Waals surface area contributed by atoms with Gasteiger partial charge in [0.15, 0.2) is 10.8 Å². The Hall–Kier alpha value is -2.48. The Balaban J connectivity index is 1.92. The first-order valence-corrected chi connectivity index (χ1v) is 9.29. The van der Waals surface area contributed by atoms with E-state index in [0.29, 0.717) is 21.8 Å². The minimum Gasteiger partial charge on any atom is -0.361 e. The highest BCUT2D eigenvalue weighted by molar-refractivity contribution is 7.80. The Kier molecular flexibility index (Phi) is 7.53. The summed E-state index contributed by atoms with van der Waals surface area (Å²) in [5.74, 6) is 0.0786. The second-order valence-corrected chi connectivity index (χ2v) is 6.56. The van der Waals surface area contributed by atoms with Crippen molar-refractivity contribution in [3.8, 4) is 0 Å². The van der Waals surface area contributed by atoms with Gasteiger partial charge in [-0.15, -0.1) is 0 Å². The molecule has 2 aromatic rings. The highest BCUT2D eigenvalue weighted by Gasteiger charge is 2.14. The molecular formula is C18H25N5O2S. The first kappa shape index (κ1) is 19.8.